The van der Waals surface area contributed by atoms with Crippen molar-refractivity contribution in [3.63, 3.8) is 0 Å². The summed E-state index contributed by atoms with van der Waals surface area (Å²) in [5.41, 5.74) is 2.82. The molecule has 4 aromatic rings. The molecule has 0 aliphatic carbocycles. The second-order valence-electron chi connectivity index (χ2n) is 7.08. The van der Waals surface area contributed by atoms with Crippen LogP contribution in [-0.4, -0.2) is 14.2 Å². The highest BCUT2D eigenvalue weighted by molar-refractivity contribution is 6.31. The van der Waals surface area contributed by atoms with Gasteiger partial charge >= 0.3 is 0 Å². The summed E-state index contributed by atoms with van der Waals surface area (Å²) < 4.78 is 22.9. The third-order valence-electron chi connectivity index (χ3n) is 4.92. The first-order valence-corrected chi connectivity index (χ1v) is 10.0. The minimum Gasteiger partial charge on any atom is -0.493 e. The maximum absolute atomic E-state index is 13.3. The third-order valence-corrected chi connectivity index (χ3v) is 5.16. The SMILES string of the molecule is COc1ccc(-c2oc3ccc(Cl)cc3c(=O)c2OCc2cccc(C)c2)cc1OC. The number of hydrogen-bond acceptors (Lipinski definition) is 5. The van der Waals surface area contributed by atoms with Crippen molar-refractivity contribution in [2.24, 2.45) is 0 Å². The first-order valence-electron chi connectivity index (χ1n) is 9.67. The lowest BCUT2D eigenvalue weighted by atomic mass is 10.1. The molecule has 0 aliphatic rings. The fraction of sp³-hybridized carbons (Fsp3) is 0.160. The molecule has 0 unspecified atom stereocenters. The molecule has 0 aliphatic heterocycles. The number of ether oxygens (including phenoxy) is 3. The van der Waals surface area contributed by atoms with Crippen molar-refractivity contribution < 1.29 is 18.6 Å². The standard InChI is InChI=1S/C25H21ClO5/c1-15-5-4-6-16(11-15)14-30-25-23(27)19-13-18(26)8-10-20(19)31-24(25)17-7-9-21(28-2)22(12-17)29-3/h4-13H,14H2,1-3H3. The van der Waals surface area contributed by atoms with Gasteiger partial charge in [0.05, 0.1) is 19.6 Å². The van der Waals surface area contributed by atoms with E-state index in [0.717, 1.165) is 11.1 Å². The van der Waals surface area contributed by atoms with E-state index in [9.17, 15) is 4.79 Å². The molecule has 0 N–H and O–H groups in total. The number of aryl methyl sites for hydroxylation is 1. The highest BCUT2D eigenvalue weighted by atomic mass is 35.5. The molecule has 158 valence electrons. The van der Waals surface area contributed by atoms with E-state index in [1.54, 1.807) is 50.6 Å². The zero-order chi connectivity index (χ0) is 22.0. The molecule has 5 nitrogen and oxygen atoms in total. The van der Waals surface area contributed by atoms with Crippen LogP contribution in [0, 0.1) is 6.92 Å². The number of rotatable bonds is 6. The summed E-state index contributed by atoms with van der Waals surface area (Å²) in [6.07, 6.45) is 0. The van der Waals surface area contributed by atoms with E-state index in [4.69, 9.17) is 30.2 Å². The Hall–Kier alpha value is -3.44. The van der Waals surface area contributed by atoms with Crippen molar-refractivity contribution in [1.29, 1.82) is 0 Å². The van der Waals surface area contributed by atoms with Crippen LogP contribution < -0.4 is 19.6 Å². The predicted octanol–water partition coefficient (Wildman–Crippen LogP) is 6.02. The van der Waals surface area contributed by atoms with Gasteiger partial charge in [0.15, 0.2) is 17.3 Å². The Morgan fingerprint density at radius 1 is 0.935 bits per heavy atom. The van der Waals surface area contributed by atoms with Gasteiger partial charge in [-0.3, -0.25) is 4.79 Å². The van der Waals surface area contributed by atoms with Crippen LogP contribution in [-0.2, 0) is 6.61 Å². The van der Waals surface area contributed by atoms with Crippen LogP contribution in [0.25, 0.3) is 22.3 Å². The lowest BCUT2D eigenvalue weighted by Crippen LogP contribution is -2.10. The van der Waals surface area contributed by atoms with Gasteiger partial charge in [-0.05, 0) is 48.9 Å². The van der Waals surface area contributed by atoms with Crippen molar-refractivity contribution in [2.45, 2.75) is 13.5 Å². The van der Waals surface area contributed by atoms with Crippen molar-refractivity contribution in [1.82, 2.24) is 0 Å². The summed E-state index contributed by atoms with van der Waals surface area (Å²) in [6.45, 7) is 2.23. The van der Waals surface area contributed by atoms with Crippen LogP contribution in [0.15, 0.2) is 69.9 Å². The Labute approximate surface area is 184 Å². The number of fused-ring (bicyclic) bond motifs is 1. The molecule has 31 heavy (non-hydrogen) atoms. The van der Waals surface area contributed by atoms with Gasteiger partial charge in [0.25, 0.3) is 0 Å². The van der Waals surface area contributed by atoms with Crippen LogP contribution in [0.2, 0.25) is 5.02 Å². The zero-order valence-corrected chi connectivity index (χ0v) is 18.2. The van der Waals surface area contributed by atoms with E-state index in [-0.39, 0.29) is 17.8 Å². The first-order chi connectivity index (χ1) is 15.0. The Kier molecular flexibility index (Phi) is 5.87. The molecule has 0 amide bonds. The van der Waals surface area contributed by atoms with Crippen LogP contribution in [0.3, 0.4) is 0 Å². The maximum atomic E-state index is 13.3. The number of methoxy groups -OCH3 is 2. The zero-order valence-electron chi connectivity index (χ0n) is 17.4. The van der Waals surface area contributed by atoms with E-state index in [0.29, 0.717) is 38.8 Å². The third kappa shape index (κ3) is 4.23. The molecule has 1 aromatic heterocycles. The summed E-state index contributed by atoms with van der Waals surface area (Å²) >= 11 is 6.11. The molecular formula is C25H21ClO5. The first kappa shape index (κ1) is 20.8. The largest absolute Gasteiger partial charge is 0.493 e. The van der Waals surface area contributed by atoms with Crippen molar-refractivity contribution in [3.05, 3.63) is 87.0 Å². The number of halogens is 1. The average molecular weight is 437 g/mol. The van der Waals surface area contributed by atoms with E-state index >= 15 is 0 Å². The number of hydrogen-bond donors (Lipinski definition) is 0. The van der Waals surface area contributed by atoms with Gasteiger partial charge in [-0.2, -0.15) is 0 Å². The Morgan fingerprint density at radius 3 is 2.48 bits per heavy atom. The summed E-state index contributed by atoms with van der Waals surface area (Å²) in [5.74, 6) is 1.52. The second kappa shape index (κ2) is 8.74. The van der Waals surface area contributed by atoms with E-state index in [2.05, 4.69) is 0 Å². The Morgan fingerprint density at radius 2 is 1.74 bits per heavy atom. The van der Waals surface area contributed by atoms with Gasteiger partial charge in [-0.1, -0.05) is 41.4 Å². The topological polar surface area (TPSA) is 57.9 Å². The van der Waals surface area contributed by atoms with Gasteiger partial charge < -0.3 is 18.6 Å². The lowest BCUT2D eigenvalue weighted by molar-refractivity contribution is 0.297. The van der Waals surface area contributed by atoms with Gasteiger partial charge in [-0.25, -0.2) is 0 Å². The van der Waals surface area contributed by atoms with Gasteiger partial charge in [-0.15, -0.1) is 0 Å². The molecule has 6 heteroatoms. The fourth-order valence-electron chi connectivity index (χ4n) is 3.41. The van der Waals surface area contributed by atoms with Crippen molar-refractivity contribution in [2.75, 3.05) is 14.2 Å². The molecule has 0 spiro atoms. The van der Waals surface area contributed by atoms with Crippen molar-refractivity contribution >= 4 is 22.6 Å². The summed E-state index contributed by atoms with van der Waals surface area (Å²) in [4.78, 5) is 13.3. The summed E-state index contributed by atoms with van der Waals surface area (Å²) in [6, 6.07) is 18.1. The highest BCUT2D eigenvalue weighted by Gasteiger charge is 2.20. The number of benzene rings is 3. The minimum atomic E-state index is -0.291. The molecule has 1 heterocycles. The van der Waals surface area contributed by atoms with Crippen LogP contribution in [0.1, 0.15) is 11.1 Å². The van der Waals surface area contributed by atoms with E-state index < -0.39 is 0 Å². The average Bonchev–Trinajstić information content (AvgIpc) is 2.78. The molecule has 0 fully saturated rings. The molecule has 0 saturated heterocycles. The monoisotopic (exact) mass is 436 g/mol. The van der Waals surface area contributed by atoms with Gasteiger partial charge in [0.1, 0.15) is 12.2 Å². The minimum absolute atomic E-state index is 0.114. The maximum Gasteiger partial charge on any atom is 0.235 e. The smallest absolute Gasteiger partial charge is 0.235 e. The molecule has 0 radical (unpaired) electrons. The van der Waals surface area contributed by atoms with E-state index in [1.807, 2.05) is 31.2 Å². The fourth-order valence-corrected chi connectivity index (χ4v) is 3.58. The predicted molar refractivity (Wildman–Crippen MR) is 122 cm³/mol. The second-order valence-corrected chi connectivity index (χ2v) is 7.51. The van der Waals surface area contributed by atoms with Crippen LogP contribution >= 0.6 is 11.6 Å². The Balaban J connectivity index is 1.87. The Bertz CT molecular complexity index is 1310. The van der Waals surface area contributed by atoms with Crippen LogP contribution in [0.4, 0.5) is 0 Å². The summed E-state index contributed by atoms with van der Waals surface area (Å²) in [5, 5.41) is 0.805. The van der Waals surface area contributed by atoms with Gasteiger partial charge in [0.2, 0.25) is 11.2 Å². The quantitative estimate of drug-likeness (QED) is 0.370. The van der Waals surface area contributed by atoms with E-state index in [1.165, 1.54) is 0 Å². The van der Waals surface area contributed by atoms with Crippen LogP contribution in [0.5, 0.6) is 17.2 Å². The van der Waals surface area contributed by atoms with Gasteiger partial charge in [0, 0.05) is 10.6 Å². The highest BCUT2D eigenvalue weighted by Crippen LogP contribution is 2.37. The molecule has 3 aromatic carbocycles. The molecule has 0 bridgehead atoms. The molecular weight excluding hydrogens is 416 g/mol. The lowest BCUT2D eigenvalue weighted by Gasteiger charge is -2.14. The molecule has 4 rings (SSSR count). The summed E-state index contributed by atoms with van der Waals surface area (Å²) in [7, 11) is 3.11. The molecule has 0 saturated carbocycles. The normalized spacial score (nSPS) is 10.8. The molecule has 0 atom stereocenters. The van der Waals surface area contributed by atoms with Crippen molar-refractivity contribution in [3.8, 4) is 28.6 Å².